The molecule has 16 heavy (non-hydrogen) atoms. The van der Waals surface area contributed by atoms with Gasteiger partial charge in [0, 0.05) is 10.9 Å². The first-order chi connectivity index (χ1) is 7.41. The number of nitrogens with two attached hydrogens (primary N) is 1. The van der Waals surface area contributed by atoms with Crippen molar-refractivity contribution in [2.75, 3.05) is 0 Å². The van der Waals surface area contributed by atoms with Gasteiger partial charge in [-0.1, -0.05) is 33.8 Å². The fourth-order valence-electron chi connectivity index (χ4n) is 3.17. The van der Waals surface area contributed by atoms with E-state index in [1.54, 1.807) is 0 Å². The van der Waals surface area contributed by atoms with Crippen molar-refractivity contribution in [3.8, 4) is 0 Å². The molecule has 1 aromatic heterocycles. The Hall–Kier alpha value is -0.380. The molecule has 0 bridgehead atoms. The molecule has 1 aliphatic carbocycles. The third-order valence-electron chi connectivity index (χ3n) is 4.75. The molecule has 1 aromatic rings. The second-order valence-electron chi connectivity index (χ2n) is 5.98. The maximum absolute atomic E-state index is 5.73. The Balaban J connectivity index is 2.08. The average Bonchev–Trinajstić information content (AvgIpc) is 2.63. The number of hydrogen-bond acceptors (Lipinski definition) is 3. The maximum atomic E-state index is 5.73. The van der Waals surface area contributed by atoms with E-state index in [1.807, 2.05) is 11.3 Å². The molecule has 1 aliphatic rings. The number of rotatable bonds is 4. The molecule has 1 atom stereocenters. The van der Waals surface area contributed by atoms with Crippen molar-refractivity contribution in [1.82, 2.24) is 5.43 Å². The van der Waals surface area contributed by atoms with Gasteiger partial charge in [-0.25, -0.2) is 0 Å². The predicted molar refractivity (Wildman–Crippen MR) is 70.2 cm³/mol. The van der Waals surface area contributed by atoms with Crippen LogP contribution < -0.4 is 11.3 Å². The first kappa shape index (κ1) is 12.1. The largest absolute Gasteiger partial charge is 0.271 e. The lowest BCUT2D eigenvalue weighted by Gasteiger charge is -2.17. The van der Waals surface area contributed by atoms with Crippen molar-refractivity contribution in [3.63, 3.8) is 0 Å². The van der Waals surface area contributed by atoms with E-state index in [-0.39, 0.29) is 0 Å². The molecular weight excluding hydrogens is 216 g/mol. The second-order valence-corrected chi connectivity index (χ2v) is 7.01. The normalized spacial score (nSPS) is 24.3. The summed E-state index contributed by atoms with van der Waals surface area (Å²) in [6.07, 6.45) is 1.05. The van der Waals surface area contributed by atoms with Crippen molar-refractivity contribution < 1.29 is 0 Å². The minimum atomic E-state index is 0.390. The molecule has 90 valence electrons. The molecule has 0 aliphatic heterocycles. The Bertz CT molecular complexity index is 340. The van der Waals surface area contributed by atoms with E-state index in [9.17, 15) is 0 Å². The van der Waals surface area contributed by atoms with Gasteiger partial charge in [0.1, 0.15) is 0 Å². The lowest BCUT2D eigenvalue weighted by molar-refractivity contribution is 0.404. The minimum Gasteiger partial charge on any atom is -0.271 e. The van der Waals surface area contributed by atoms with Crippen LogP contribution >= 0.6 is 11.3 Å². The Morgan fingerprint density at radius 2 is 2.00 bits per heavy atom. The summed E-state index contributed by atoms with van der Waals surface area (Å²) in [5.74, 6) is 6.39. The van der Waals surface area contributed by atoms with E-state index in [2.05, 4.69) is 50.6 Å². The standard InChI is InChI=1S/C13H22N2S/c1-12(2)11(13(12,3)4)10(15-14)8-9-6-5-7-16-9/h5-7,10-11,15H,8,14H2,1-4H3. The van der Waals surface area contributed by atoms with E-state index in [0.717, 1.165) is 6.42 Å². The fraction of sp³-hybridized carbons (Fsp3) is 0.692. The van der Waals surface area contributed by atoms with Gasteiger partial charge in [-0.3, -0.25) is 11.3 Å². The van der Waals surface area contributed by atoms with Crippen molar-refractivity contribution in [2.24, 2.45) is 22.6 Å². The zero-order valence-corrected chi connectivity index (χ0v) is 11.4. The SMILES string of the molecule is CC1(C)C(C(Cc2cccs2)NN)C1(C)C. The number of thiophene rings is 1. The molecule has 3 heteroatoms. The highest BCUT2D eigenvalue weighted by Gasteiger charge is 2.66. The van der Waals surface area contributed by atoms with E-state index < -0.39 is 0 Å². The van der Waals surface area contributed by atoms with Crippen LogP contribution in [0.1, 0.15) is 32.6 Å². The molecule has 0 aromatic carbocycles. The summed E-state index contributed by atoms with van der Waals surface area (Å²) in [5.41, 5.74) is 3.80. The van der Waals surface area contributed by atoms with Crippen LogP contribution in [0, 0.1) is 16.7 Å². The van der Waals surface area contributed by atoms with Gasteiger partial charge in [-0.2, -0.15) is 0 Å². The Labute approximate surface area is 102 Å². The number of nitrogens with one attached hydrogen (secondary N) is 1. The van der Waals surface area contributed by atoms with Crippen LogP contribution in [0.4, 0.5) is 0 Å². The van der Waals surface area contributed by atoms with Gasteiger partial charge in [0.15, 0.2) is 0 Å². The summed E-state index contributed by atoms with van der Waals surface area (Å²) in [6.45, 7) is 9.37. The quantitative estimate of drug-likeness (QED) is 0.625. The lowest BCUT2D eigenvalue weighted by atomic mass is 10.0. The lowest BCUT2D eigenvalue weighted by Crippen LogP contribution is -2.40. The molecule has 1 saturated carbocycles. The molecule has 0 saturated heterocycles. The van der Waals surface area contributed by atoms with Crippen LogP contribution in [-0.2, 0) is 6.42 Å². The average molecular weight is 238 g/mol. The highest BCUT2D eigenvalue weighted by Crippen LogP contribution is 2.69. The molecule has 0 spiro atoms. The number of hydrogen-bond donors (Lipinski definition) is 2. The molecule has 2 nitrogen and oxygen atoms in total. The summed E-state index contributed by atoms with van der Waals surface area (Å²) in [7, 11) is 0. The van der Waals surface area contributed by atoms with E-state index in [4.69, 9.17) is 5.84 Å². The first-order valence-electron chi connectivity index (χ1n) is 5.90. The zero-order chi connectivity index (χ0) is 12.0. The first-order valence-corrected chi connectivity index (χ1v) is 6.77. The van der Waals surface area contributed by atoms with Crippen LogP contribution in [0.5, 0.6) is 0 Å². The van der Waals surface area contributed by atoms with Gasteiger partial charge in [0.25, 0.3) is 0 Å². The third-order valence-corrected chi connectivity index (χ3v) is 5.65. The number of hydrazine groups is 1. The molecule has 1 unspecified atom stereocenters. The van der Waals surface area contributed by atoms with Crippen LogP contribution in [-0.4, -0.2) is 6.04 Å². The summed E-state index contributed by atoms with van der Waals surface area (Å²) in [4.78, 5) is 1.42. The second kappa shape index (κ2) is 3.83. The van der Waals surface area contributed by atoms with Crippen molar-refractivity contribution in [2.45, 2.75) is 40.2 Å². The monoisotopic (exact) mass is 238 g/mol. The van der Waals surface area contributed by atoms with Crippen molar-refractivity contribution >= 4 is 11.3 Å². The summed E-state index contributed by atoms with van der Waals surface area (Å²) >= 11 is 1.82. The summed E-state index contributed by atoms with van der Waals surface area (Å²) < 4.78 is 0. The van der Waals surface area contributed by atoms with Crippen LogP contribution in [0.3, 0.4) is 0 Å². The Kier molecular flexibility index (Phi) is 2.89. The van der Waals surface area contributed by atoms with E-state index in [0.29, 0.717) is 22.8 Å². The van der Waals surface area contributed by atoms with Crippen LogP contribution in [0.25, 0.3) is 0 Å². The van der Waals surface area contributed by atoms with Gasteiger partial charge in [0.2, 0.25) is 0 Å². The molecule has 2 rings (SSSR count). The van der Waals surface area contributed by atoms with E-state index >= 15 is 0 Å². The summed E-state index contributed by atoms with van der Waals surface area (Å²) in [5, 5.41) is 2.13. The maximum Gasteiger partial charge on any atom is 0.0297 e. The molecule has 1 fully saturated rings. The molecule has 1 heterocycles. The van der Waals surface area contributed by atoms with Gasteiger partial charge in [-0.05, 0) is 34.6 Å². The van der Waals surface area contributed by atoms with Crippen molar-refractivity contribution in [3.05, 3.63) is 22.4 Å². The fourth-order valence-corrected chi connectivity index (χ4v) is 3.94. The molecular formula is C13H22N2S. The Morgan fingerprint density at radius 1 is 1.38 bits per heavy atom. The molecule has 0 radical (unpaired) electrons. The van der Waals surface area contributed by atoms with Crippen LogP contribution in [0.2, 0.25) is 0 Å². The van der Waals surface area contributed by atoms with Crippen molar-refractivity contribution in [1.29, 1.82) is 0 Å². The predicted octanol–water partition coefficient (Wildman–Crippen LogP) is 2.80. The van der Waals surface area contributed by atoms with Crippen LogP contribution in [0.15, 0.2) is 17.5 Å². The van der Waals surface area contributed by atoms with Gasteiger partial charge >= 0.3 is 0 Å². The zero-order valence-electron chi connectivity index (χ0n) is 10.6. The van der Waals surface area contributed by atoms with E-state index in [1.165, 1.54) is 4.88 Å². The topological polar surface area (TPSA) is 38.0 Å². The Morgan fingerprint density at radius 3 is 2.38 bits per heavy atom. The highest BCUT2D eigenvalue weighted by atomic mass is 32.1. The minimum absolute atomic E-state index is 0.390. The van der Waals surface area contributed by atoms with Gasteiger partial charge in [-0.15, -0.1) is 11.3 Å². The van der Waals surface area contributed by atoms with Gasteiger partial charge < -0.3 is 0 Å². The highest BCUT2D eigenvalue weighted by molar-refractivity contribution is 7.09. The third kappa shape index (κ3) is 1.71. The van der Waals surface area contributed by atoms with Gasteiger partial charge in [0.05, 0.1) is 0 Å². The molecule has 3 N–H and O–H groups in total. The summed E-state index contributed by atoms with van der Waals surface area (Å²) in [6, 6.07) is 4.69. The smallest absolute Gasteiger partial charge is 0.0297 e. The molecule has 0 amide bonds.